The summed E-state index contributed by atoms with van der Waals surface area (Å²) >= 11 is 8.13. The summed E-state index contributed by atoms with van der Waals surface area (Å²) in [7, 11) is 1.61. The summed E-state index contributed by atoms with van der Waals surface area (Å²) in [4.78, 5) is 27.7. The van der Waals surface area contributed by atoms with Gasteiger partial charge in [-0.2, -0.15) is 11.8 Å². The van der Waals surface area contributed by atoms with Gasteiger partial charge in [-0.1, -0.05) is 18.0 Å². The average Bonchev–Trinajstić information content (AvgIpc) is 3.82. The number of thioether (sulfide) groups is 1. The second-order valence-corrected chi connectivity index (χ2v) is 13.0. The normalized spacial score (nSPS) is 18.7. The number of hydrogen-bond donors (Lipinski definition) is 6. The van der Waals surface area contributed by atoms with Crippen molar-refractivity contribution in [1.29, 1.82) is 0 Å². The number of aromatic nitrogens is 3. The second kappa shape index (κ2) is 15.8. The number of rotatable bonds is 18. The Morgan fingerprint density at radius 1 is 1.06 bits per heavy atom. The maximum absolute atomic E-state index is 12.1. The topological polar surface area (TPSA) is 164 Å². The third-order valence-electron chi connectivity index (χ3n) is 8.28. The number of carbonyl (C=O) groups excluding carboxylic acids is 2. The molecule has 15 heteroatoms. The van der Waals surface area contributed by atoms with Crippen molar-refractivity contribution in [2.24, 2.45) is 0 Å². The fraction of sp³-hybridized carbons (Fsp3) is 0.469. The number of ether oxygens (including phenoxy) is 4. The Morgan fingerprint density at radius 2 is 1.91 bits per heavy atom. The molecule has 6 N–H and O–H groups in total. The van der Waals surface area contributed by atoms with Gasteiger partial charge < -0.3 is 40.2 Å². The number of methoxy groups -OCH3 is 1. The molecule has 3 aliphatic heterocycles. The average molecular weight is 686 g/mol. The molecule has 3 amide bonds. The van der Waals surface area contributed by atoms with Crippen LogP contribution in [0, 0.1) is 0 Å². The minimum atomic E-state index is -0.0629. The van der Waals surface area contributed by atoms with Crippen LogP contribution in [0.25, 0.3) is 22.0 Å². The number of fused-ring (bicyclic) bond motifs is 4. The molecule has 4 aliphatic rings. The number of nitrogens with zero attached hydrogens (tertiary/aromatic N) is 1. The maximum atomic E-state index is 12.1. The third-order valence-corrected chi connectivity index (χ3v) is 10.1. The van der Waals surface area contributed by atoms with Gasteiger partial charge in [0, 0.05) is 41.1 Å². The van der Waals surface area contributed by atoms with E-state index in [9.17, 15) is 9.59 Å². The number of halogens is 1. The largest absolute Gasteiger partial charge is 0.493 e. The number of urea groups is 1. The zero-order valence-electron chi connectivity index (χ0n) is 26.2. The Balaban J connectivity index is 0.836. The predicted octanol–water partition coefficient (Wildman–Crippen LogP) is 4.66. The zero-order chi connectivity index (χ0) is 32.6. The Hall–Kier alpha value is -3.85. The van der Waals surface area contributed by atoms with E-state index in [1.807, 2.05) is 36.0 Å². The number of anilines is 2. The van der Waals surface area contributed by atoms with Crippen molar-refractivity contribution in [2.75, 3.05) is 57.8 Å². The fourth-order valence-electron chi connectivity index (χ4n) is 5.95. The minimum Gasteiger partial charge on any atom is -0.493 e. The van der Waals surface area contributed by atoms with Gasteiger partial charge in [0.1, 0.15) is 12.4 Å². The first-order valence-corrected chi connectivity index (χ1v) is 17.2. The van der Waals surface area contributed by atoms with Crippen LogP contribution in [0.1, 0.15) is 25.7 Å². The molecule has 0 bridgehead atoms. The molecule has 1 aromatic heterocycles. The SMILES string of the molecule is COc1cc2c3[nH][nH]c(Nc4cccnc4Cl)c-3cc2cc1OCCOCCOCCNC(=O)CCCCC1SCC2NC(=O)NC21. The molecular formula is C32H40ClN7O6S. The highest BCUT2D eigenvalue weighted by Crippen LogP contribution is 2.43. The summed E-state index contributed by atoms with van der Waals surface area (Å²) in [6, 6.07) is 10.0. The van der Waals surface area contributed by atoms with E-state index >= 15 is 0 Å². The fourth-order valence-corrected chi connectivity index (χ4v) is 7.66. The molecule has 2 saturated heterocycles. The first kappa shape index (κ1) is 33.1. The lowest BCUT2D eigenvalue weighted by molar-refractivity contribution is -0.121. The van der Waals surface area contributed by atoms with Crippen molar-refractivity contribution >= 4 is 57.6 Å². The Kier molecular flexibility index (Phi) is 11.1. The van der Waals surface area contributed by atoms with Gasteiger partial charge >= 0.3 is 6.03 Å². The summed E-state index contributed by atoms with van der Waals surface area (Å²) in [5, 5.41) is 21.4. The number of hydrogen-bond acceptors (Lipinski definition) is 9. The number of unbranched alkanes of at least 4 members (excludes halogenated alkanes) is 1. The number of pyridine rings is 1. The van der Waals surface area contributed by atoms with Gasteiger partial charge in [0.25, 0.3) is 0 Å². The van der Waals surface area contributed by atoms with Crippen molar-refractivity contribution in [1.82, 2.24) is 31.1 Å². The number of aromatic amines is 2. The van der Waals surface area contributed by atoms with Crippen LogP contribution in [0.3, 0.4) is 0 Å². The molecule has 13 nitrogen and oxygen atoms in total. The lowest BCUT2D eigenvalue weighted by Gasteiger charge is -2.16. The lowest BCUT2D eigenvalue weighted by Crippen LogP contribution is -2.36. The van der Waals surface area contributed by atoms with Crippen LogP contribution in [0.4, 0.5) is 16.3 Å². The molecule has 1 aromatic carbocycles. The molecule has 47 heavy (non-hydrogen) atoms. The number of nitrogens with one attached hydrogen (secondary N) is 6. The second-order valence-electron chi connectivity index (χ2n) is 11.4. The molecular weight excluding hydrogens is 646 g/mol. The van der Waals surface area contributed by atoms with Gasteiger partial charge in [-0.05, 0) is 48.6 Å². The smallest absolute Gasteiger partial charge is 0.315 e. The molecule has 0 saturated carbocycles. The monoisotopic (exact) mass is 685 g/mol. The molecule has 3 unspecified atom stereocenters. The summed E-state index contributed by atoms with van der Waals surface area (Å²) in [6.07, 6.45) is 4.95. The zero-order valence-corrected chi connectivity index (χ0v) is 27.7. The maximum Gasteiger partial charge on any atom is 0.315 e. The molecule has 0 spiro atoms. The summed E-state index contributed by atoms with van der Waals surface area (Å²) in [5.74, 6) is 3.01. The highest BCUT2D eigenvalue weighted by atomic mass is 35.5. The number of carbonyl (C=O) groups is 2. The van der Waals surface area contributed by atoms with Crippen LogP contribution in [0.15, 0.2) is 36.5 Å². The van der Waals surface area contributed by atoms with E-state index in [0.29, 0.717) is 73.6 Å². The molecule has 6 rings (SSSR count). The molecule has 1 aliphatic carbocycles. The molecule has 4 heterocycles. The Bertz CT molecular complexity index is 1630. The van der Waals surface area contributed by atoms with Gasteiger partial charge in [0.15, 0.2) is 16.7 Å². The molecule has 2 fully saturated rings. The molecule has 3 atom stereocenters. The van der Waals surface area contributed by atoms with Crippen molar-refractivity contribution in [3.63, 3.8) is 0 Å². The quantitative estimate of drug-likeness (QED) is 0.0497. The number of amides is 3. The van der Waals surface area contributed by atoms with E-state index < -0.39 is 0 Å². The van der Waals surface area contributed by atoms with Crippen LogP contribution in [0.2, 0.25) is 5.15 Å². The van der Waals surface area contributed by atoms with Crippen molar-refractivity contribution in [3.8, 4) is 22.8 Å². The first-order valence-electron chi connectivity index (χ1n) is 15.8. The van der Waals surface area contributed by atoms with E-state index in [-0.39, 0.29) is 24.0 Å². The Labute approximate surface area is 281 Å². The van der Waals surface area contributed by atoms with E-state index in [2.05, 4.69) is 42.5 Å². The Morgan fingerprint density at radius 3 is 2.77 bits per heavy atom. The number of benzene rings is 1. The van der Waals surface area contributed by atoms with Gasteiger partial charge in [-0.3, -0.25) is 15.0 Å². The minimum absolute atomic E-state index is 0.0348. The summed E-state index contributed by atoms with van der Waals surface area (Å²) in [6.45, 7) is 2.48. The van der Waals surface area contributed by atoms with E-state index in [1.165, 1.54) is 0 Å². The van der Waals surface area contributed by atoms with Crippen molar-refractivity contribution in [2.45, 2.75) is 43.0 Å². The van der Waals surface area contributed by atoms with Crippen LogP contribution < -0.4 is 30.7 Å². The van der Waals surface area contributed by atoms with Crippen molar-refractivity contribution < 1.29 is 28.5 Å². The van der Waals surface area contributed by atoms with Crippen molar-refractivity contribution in [3.05, 3.63) is 41.7 Å². The highest BCUT2D eigenvalue weighted by Gasteiger charge is 2.42. The summed E-state index contributed by atoms with van der Waals surface area (Å²) < 4.78 is 22.8. The van der Waals surface area contributed by atoms with E-state index in [1.54, 1.807) is 13.3 Å². The van der Waals surface area contributed by atoms with E-state index in [0.717, 1.165) is 52.9 Å². The highest BCUT2D eigenvalue weighted by molar-refractivity contribution is 8.00. The van der Waals surface area contributed by atoms with Crippen LogP contribution in [-0.4, -0.2) is 96.9 Å². The van der Waals surface area contributed by atoms with Gasteiger partial charge in [0.2, 0.25) is 5.91 Å². The molecule has 2 aromatic rings. The van der Waals surface area contributed by atoms with E-state index in [4.69, 9.17) is 30.5 Å². The van der Waals surface area contributed by atoms with Crippen LogP contribution in [0.5, 0.6) is 11.5 Å². The summed E-state index contributed by atoms with van der Waals surface area (Å²) in [5.41, 5.74) is 2.60. The van der Waals surface area contributed by atoms with Gasteiger partial charge in [-0.15, -0.1) is 0 Å². The van der Waals surface area contributed by atoms with Crippen LogP contribution >= 0.6 is 23.4 Å². The molecule has 0 radical (unpaired) electrons. The van der Waals surface area contributed by atoms with Gasteiger partial charge in [-0.25, -0.2) is 9.78 Å². The lowest BCUT2D eigenvalue weighted by atomic mass is 10.0. The first-order chi connectivity index (χ1) is 23.0. The van der Waals surface area contributed by atoms with Crippen LogP contribution in [-0.2, 0) is 14.3 Å². The molecule has 252 valence electrons. The predicted molar refractivity (Wildman–Crippen MR) is 182 cm³/mol. The number of H-pyrrole nitrogens is 2. The standard InChI is InChI=1S/C32H40ClN7O6S/c1-43-24-17-20-19(15-21-28(20)39-40-31(21)36-22-5-4-8-35-30(22)33)16-25(24)46-14-13-45-12-11-44-10-9-34-27(41)7-3-2-6-26-29-23(18-47-26)37-32(42)38-29/h4-5,8,15-17,23,26,29,36,39-40H,2-3,6-7,9-14,18H2,1H3,(H,34,41)(H2,37,38,42). The van der Waals surface area contributed by atoms with Gasteiger partial charge in [0.05, 0.1) is 57.0 Å². The third kappa shape index (κ3) is 8.18.